The summed E-state index contributed by atoms with van der Waals surface area (Å²) < 4.78 is 29.8. The molecule has 0 N–H and O–H groups in total. The van der Waals surface area contributed by atoms with Crippen LogP contribution in [0.15, 0.2) is 66.7 Å². The predicted molar refractivity (Wildman–Crippen MR) is 152 cm³/mol. The highest BCUT2D eigenvalue weighted by Gasteiger charge is 2.44. The minimum absolute atomic E-state index is 0.275. The molecule has 39 heavy (non-hydrogen) atoms. The Morgan fingerprint density at radius 3 is 2.44 bits per heavy atom. The van der Waals surface area contributed by atoms with Crippen molar-refractivity contribution in [3.05, 3.63) is 77.9 Å². The van der Waals surface area contributed by atoms with Gasteiger partial charge in [-0.1, -0.05) is 51.0 Å². The molecule has 0 saturated carbocycles. The number of hydrogen-bond acceptors (Lipinski definition) is 6. The van der Waals surface area contributed by atoms with Gasteiger partial charge in [-0.2, -0.15) is 0 Å². The van der Waals surface area contributed by atoms with Crippen molar-refractivity contribution in [1.29, 1.82) is 0 Å². The van der Waals surface area contributed by atoms with E-state index in [1.54, 1.807) is 0 Å². The smallest absolute Gasteiger partial charge is 0.350 e. The van der Waals surface area contributed by atoms with E-state index >= 15 is 0 Å². The Morgan fingerprint density at radius 2 is 1.67 bits per heavy atom. The normalized spacial score (nSPS) is 16.1. The van der Waals surface area contributed by atoms with Gasteiger partial charge in [0.1, 0.15) is 28.7 Å². The molecule has 4 rings (SSSR count). The van der Waals surface area contributed by atoms with Gasteiger partial charge in [-0.3, -0.25) is 0 Å². The van der Waals surface area contributed by atoms with Crippen molar-refractivity contribution in [2.45, 2.75) is 71.3 Å². The Labute approximate surface area is 232 Å². The maximum atomic E-state index is 12.7. The molecular weight excluding hydrogens is 492 g/mol. The SMILES string of the molecule is CCCc1cc(Oc2ccccc2)ccc1OCCCOc1ccc2c(c1)OC(CCC)(C(=O)OCC)CC2. The fourth-order valence-corrected chi connectivity index (χ4v) is 4.89. The molecule has 0 aromatic heterocycles. The molecule has 208 valence electrons. The molecule has 6 heteroatoms. The van der Waals surface area contributed by atoms with Crippen molar-refractivity contribution in [1.82, 2.24) is 0 Å². The van der Waals surface area contributed by atoms with Crippen LogP contribution in [0.25, 0.3) is 0 Å². The number of carbonyl (C=O) groups excluding carboxylic acids is 1. The summed E-state index contributed by atoms with van der Waals surface area (Å²) in [6, 6.07) is 21.7. The first-order valence-corrected chi connectivity index (χ1v) is 14.2. The summed E-state index contributed by atoms with van der Waals surface area (Å²) in [4.78, 5) is 12.7. The van der Waals surface area contributed by atoms with Gasteiger partial charge in [0, 0.05) is 18.9 Å². The number of benzene rings is 3. The van der Waals surface area contributed by atoms with Gasteiger partial charge in [-0.25, -0.2) is 4.79 Å². The highest BCUT2D eigenvalue weighted by Crippen LogP contribution is 2.39. The Balaban J connectivity index is 1.30. The van der Waals surface area contributed by atoms with Crippen LogP contribution in [-0.4, -0.2) is 31.4 Å². The van der Waals surface area contributed by atoms with E-state index in [-0.39, 0.29) is 5.97 Å². The Kier molecular flexibility index (Phi) is 10.1. The average molecular weight is 533 g/mol. The number of aryl methyl sites for hydroxylation is 2. The maximum absolute atomic E-state index is 12.7. The maximum Gasteiger partial charge on any atom is 0.350 e. The molecule has 6 nitrogen and oxygen atoms in total. The molecule has 0 amide bonds. The van der Waals surface area contributed by atoms with Crippen molar-refractivity contribution in [3.63, 3.8) is 0 Å². The number of carbonyl (C=O) groups is 1. The van der Waals surface area contributed by atoms with Gasteiger partial charge in [0.2, 0.25) is 5.60 Å². The first kappa shape index (κ1) is 28.3. The van der Waals surface area contributed by atoms with Crippen LogP contribution in [0.4, 0.5) is 0 Å². The molecule has 0 saturated heterocycles. The number of esters is 1. The number of para-hydroxylation sites is 1. The van der Waals surface area contributed by atoms with E-state index in [1.165, 1.54) is 0 Å². The zero-order chi connectivity index (χ0) is 27.5. The minimum Gasteiger partial charge on any atom is -0.493 e. The van der Waals surface area contributed by atoms with Crippen molar-refractivity contribution >= 4 is 5.97 Å². The fourth-order valence-electron chi connectivity index (χ4n) is 4.89. The zero-order valence-corrected chi connectivity index (χ0v) is 23.4. The lowest BCUT2D eigenvalue weighted by atomic mass is 9.87. The van der Waals surface area contributed by atoms with Gasteiger partial charge >= 0.3 is 5.97 Å². The van der Waals surface area contributed by atoms with E-state index in [2.05, 4.69) is 19.9 Å². The van der Waals surface area contributed by atoms with Gasteiger partial charge in [0.15, 0.2) is 0 Å². The van der Waals surface area contributed by atoms with Crippen LogP contribution in [0.1, 0.15) is 64.0 Å². The topological polar surface area (TPSA) is 63.2 Å². The van der Waals surface area contributed by atoms with E-state index in [4.69, 9.17) is 23.7 Å². The molecule has 0 bridgehead atoms. The second-order valence-corrected chi connectivity index (χ2v) is 9.82. The molecule has 0 fully saturated rings. The van der Waals surface area contributed by atoms with Crippen LogP contribution in [0.5, 0.6) is 28.7 Å². The lowest BCUT2D eigenvalue weighted by Crippen LogP contribution is -2.48. The molecule has 3 aromatic rings. The monoisotopic (exact) mass is 532 g/mol. The first-order chi connectivity index (χ1) is 19.1. The van der Waals surface area contributed by atoms with Crippen LogP contribution in [-0.2, 0) is 22.4 Å². The molecule has 1 heterocycles. The van der Waals surface area contributed by atoms with Crippen molar-refractivity contribution in [2.24, 2.45) is 0 Å². The van der Waals surface area contributed by atoms with Gasteiger partial charge in [0.25, 0.3) is 0 Å². The summed E-state index contributed by atoms with van der Waals surface area (Å²) in [5, 5.41) is 0. The summed E-state index contributed by atoms with van der Waals surface area (Å²) in [7, 11) is 0. The van der Waals surface area contributed by atoms with Crippen LogP contribution >= 0.6 is 0 Å². The summed E-state index contributed by atoms with van der Waals surface area (Å²) in [6.07, 6.45) is 5.54. The second-order valence-electron chi connectivity index (χ2n) is 9.82. The Hall–Kier alpha value is -3.67. The van der Waals surface area contributed by atoms with E-state index < -0.39 is 5.60 Å². The third-order valence-electron chi connectivity index (χ3n) is 6.79. The van der Waals surface area contributed by atoms with Gasteiger partial charge in [0.05, 0.1) is 19.8 Å². The molecule has 0 aliphatic carbocycles. The summed E-state index contributed by atoms with van der Waals surface area (Å²) in [5.41, 5.74) is 1.31. The van der Waals surface area contributed by atoms with Crippen LogP contribution in [0.3, 0.4) is 0 Å². The van der Waals surface area contributed by atoms with Crippen LogP contribution < -0.4 is 18.9 Å². The van der Waals surface area contributed by atoms with E-state index in [9.17, 15) is 4.79 Å². The molecule has 0 radical (unpaired) electrons. The van der Waals surface area contributed by atoms with Crippen LogP contribution in [0.2, 0.25) is 0 Å². The van der Waals surface area contributed by atoms with E-state index in [1.807, 2.05) is 67.6 Å². The third kappa shape index (κ3) is 7.47. The summed E-state index contributed by atoms with van der Waals surface area (Å²) in [6.45, 7) is 7.43. The molecule has 0 spiro atoms. The molecule has 1 atom stereocenters. The first-order valence-electron chi connectivity index (χ1n) is 14.2. The second kappa shape index (κ2) is 13.9. The zero-order valence-electron chi connectivity index (χ0n) is 23.4. The number of fused-ring (bicyclic) bond motifs is 1. The van der Waals surface area contributed by atoms with E-state index in [0.717, 1.165) is 66.2 Å². The van der Waals surface area contributed by atoms with Gasteiger partial charge < -0.3 is 23.7 Å². The largest absolute Gasteiger partial charge is 0.493 e. The summed E-state index contributed by atoms with van der Waals surface area (Å²) >= 11 is 0. The lowest BCUT2D eigenvalue weighted by Gasteiger charge is -2.36. The molecule has 3 aromatic carbocycles. The summed E-state index contributed by atoms with van der Waals surface area (Å²) in [5.74, 6) is 3.66. The van der Waals surface area contributed by atoms with Gasteiger partial charge in [-0.05, 0) is 73.7 Å². The number of hydrogen-bond donors (Lipinski definition) is 0. The van der Waals surface area contributed by atoms with Crippen LogP contribution in [0, 0.1) is 0 Å². The lowest BCUT2D eigenvalue weighted by molar-refractivity contribution is -0.164. The quantitative estimate of drug-likeness (QED) is 0.157. The molecule has 1 aliphatic rings. The molecule has 1 aliphatic heterocycles. The fraction of sp³-hybridized carbons (Fsp3) is 0.424. The van der Waals surface area contributed by atoms with E-state index in [0.29, 0.717) is 38.4 Å². The highest BCUT2D eigenvalue weighted by molar-refractivity contribution is 5.80. The van der Waals surface area contributed by atoms with Crippen molar-refractivity contribution in [3.8, 4) is 28.7 Å². The highest BCUT2D eigenvalue weighted by atomic mass is 16.6. The standard InChI is InChI=1S/C33H40O6/c1-4-11-26-23-29(38-27-12-8-7-9-13-27)16-17-30(26)37-22-10-21-36-28-15-14-25-18-20-33(19-5-2,32(34)35-6-3)39-31(25)24-28/h7-9,12-17,23-24H,4-6,10-11,18-22H2,1-3H3. The van der Waals surface area contributed by atoms with Crippen molar-refractivity contribution in [2.75, 3.05) is 19.8 Å². The van der Waals surface area contributed by atoms with Gasteiger partial charge in [-0.15, -0.1) is 0 Å². The molecule has 1 unspecified atom stereocenters. The number of ether oxygens (including phenoxy) is 5. The Morgan fingerprint density at radius 1 is 0.872 bits per heavy atom. The predicted octanol–water partition coefficient (Wildman–Crippen LogP) is 7.71. The molecular formula is C33H40O6. The Bertz CT molecular complexity index is 1210. The minimum atomic E-state index is -0.915. The average Bonchev–Trinajstić information content (AvgIpc) is 2.94. The number of rotatable bonds is 14. The third-order valence-corrected chi connectivity index (χ3v) is 6.79. The van der Waals surface area contributed by atoms with Crippen molar-refractivity contribution < 1.29 is 28.5 Å².